The number of hydrogen-bond acceptors (Lipinski definition) is 3. The van der Waals surface area contributed by atoms with E-state index in [-0.39, 0.29) is 6.04 Å². The summed E-state index contributed by atoms with van der Waals surface area (Å²) < 4.78 is 0. The Bertz CT molecular complexity index is 487. The first-order chi connectivity index (χ1) is 8.81. The fourth-order valence-corrected chi connectivity index (χ4v) is 2.21. The summed E-state index contributed by atoms with van der Waals surface area (Å²) in [5, 5.41) is 0.746. The summed E-state index contributed by atoms with van der Waals surface area (Å²) in [5.74, 6) is 5.62. The normalized spacial score (nSPS) is 12.3. The predicted molar refractivity (Wildman–Crippen MR) is 74.1 cm³/mol. The summed E-state index contributed by atoms with van der Waals surface area (Å²) >= 11 is 6.17. The Morgan fingerprint density at radius 2 is 1.89 bits per heavy atom. The molecule has 1 aromatic heterocycles. The lowest BCUT2D eigenvalue weighted by Gasteiger charge is -2.17. The Morgan fingerprint density at radius 3 is 2.56 bits per heavy atom. The highest BCUT2D eigenvalue weighted by molar-refractivity contribution is 6.31. The second kappa shape index (κ2) is 6.50. The number of rotatable bonds is 5. The zero-order chi connectivity index (χ0) is 12.8. The molecular formula is C14H16ClN3. The Morgan fingerprint density at radius 1 is 1.17 bits per heavy atom. The van der Waals surface area contributed by atoms with Gasteiger partial charge in [0.1, 0.15) is 0 Å². The number of nitrogens with one attached hydrogen (secondary N) is 1. The highest BCUT2D eigenvalue weighted by Gasteiger charge is 2.12. The summed E-state index contributed by atoms with van der Waals surface area (Å²) in [6.07, 6.45) is 5.43. The number of aromatic nitrogens is 1. The minimum atomic E-state index is 0.0619. The molecule has 3 N–H and O–H groups in total. The molecule has 0 spiro atoms. The maximum Gasteiger partial charge on any atom is 0.0477 e. The average molecular weight is 262 g/mol. The zero-order valence-electron chi connectivity index (χ0n) is 10.0. The van der Waals surface area contributed by atoms with Gasteiger partial charge in [-0.05, 0) is 42.2 Å². The molecule has 0 aliphatic carbocycles. The molecular weight excluding hydrogens is 246 g/mol. The van der Waals surface area contributed by atoms with Gasteiger partial charge in [0.05, 0.1) is 0 Å². The standard InChI is InChI=1S/C14H16ClN3/c15-13-4-2-1-3-12(13)14(18-16)6-5-11-7-9-17-10-8-11/h1-4,7-10,14,18H,5-6,16H2. The first-order valence-electron chi connectivity index (χ1n) is 5.90. The van der Waals surface area contributed by atoms with E-state index >= 15 is 0 Å². The molecule has 1 unspecified atom stereocenters. The van der Waals surface area contributed by atoms with Gasteiger partial charge in [0.15, 0.2) is 0 Å². The number of nitrogens with zero attached hydrogens (tertiary/aromatic N) is 1. The Kier molecular flexibility index (Phi) is 4.70. The minimum Gasteiger partial charge on any atom is -0.271 e. The van der Waals surface area contributed by atoms with Crippen LogP contribution in [-0.2, 0) is 6.42 Å². The van der Waals surface area contributed by atoms with Crippen LogP contribution in [0, 0.1) is 0 Å². The lowest BCUT2D eigenvalue weighted by atomic mass is 10.00. The lowest BCUT2D eigenvalue weighted by Crippen LogP contribution is -2.28. The van der Waals surface area contributed by atoms with Crippen LogP contribution in [0.3, 0.4) is 0 Å². The third-order valence-electron chi connectivity index (χ3n) is 2.95. The van der Waals surface area contributed by atoms with Gasteiger partial charge in [-0.3, -0.25) is 16.3 Å². The third kappa shape index (κ3) is 3.29. The van der Waals surface area contributed by atoms with Gasteiger partial charge in [-0.1, -0.05) is 29.8 Å². The van der Waals surface area contributed by atoms with Crippen molar-refractivity contribution in [1.29, 1.82) is 0 Å². The summed E-state index contributed by atoms with van der Waals surface area (Å²) in [5.41, 5.74) is 5.11. The van der Waals surface area contributed by atoms with Gasteiger partial charge in [0.2, 0.25) is 0 Å². The molecule has 3 nitrogen and oxygen atoms in total. The molecule has 0 bridgehead atoms. The summed E-state index contributed by atoms with van der Waals surface area (Å²) in [7, 11) is 0. The molecule has 0 saturated carbocycles. The molecule has 1 aromatic carbocycles. The largest absolute Gasteiger partial charge is 0.271 e. The third-order valence-corrected chi connectivity index (χ3v) is 3.30. The van der Waals surface area contributed by atoms with Crippen molar-refractivity contribution in [3.8, 4) is 0 Å². The van der Waals surface area contributed by atoms with Crippen LogP contribution in [0.2, 0.25) is 5.02 Å². The molecule has 0 saturated heterocycles. The smallest absolute Gasteiger partial charge is 0.0477 e. The highest BCUT2D eigenvalue weighted by atomic mass is 35.5. The maximum absolute atomic E-state index is 6.17. The first kappa shape index (κ1) is 13.0. The average Bonchev–Trinajstić information content (AvgIpc) is 2.42. The van der Waals surface area contributed by atoms with Crippen molar-refractivity contribution in [2.24, 2.45) is 5.84 Å². The SMILES string of the molecule is NNC(CCc1ccncc1)c1ccccc1Cl. The van der Waals surface area contributed by atoms with Crippen molar-refractivity contribution < 1.29 is 0 Å². The van der Waals surface area contributed by atoms with Crippen LogP contribution < -0.4 is 11.3 Å². The van der Waals surface area contributed by atoms with Gasteiger partial charge in [0, 0.05) is 23.5 Å². The quantitative estimate of drug-likeness (QED) is 0.643. The highest BCUT2D eigenvalue weighted by Crippen LogP contribution is 2.25. The van der Waals surface area contributed by atoms with Crippen LogP contribution in [0.25, 0.3) is 0 Å². The van der Waals surface area contributed by atoms with Gasteiger partial charge in [-0.15, -0.1) is 0 Å². The minimum absolute atomic E-state index is 0.0619. The van der Waals surface area contributed by atoms with E-state index in [1.54, 1.807) is 12.4 Å². The van der Waals surface area contributed by atoms with Crippen molar-refractivity contribution >= 4 is 11.6 Å². The van der Waals surface area contributed by atoms with E-state index in [1.807, 2.05) is 36.4 Å². The van der Waals surface area contributed by atoms with Crippen molar-refractivity contribution in [2.45, 2.75) is 18.9 Å². The fourth-order valence-electron chi connectivity index (χ4n) is 1.95. The van der Waals surface area contributed by atoms with E-state index < -0.39 is 0 Å². The van der Waals surface area contributed by atoms with E-state index in [0.717, 1.165) is 23.4 Å². The van der Waals surface area contributed by atoms with Crippen LogP contribution in [-0.4, -0.2) is 4.98 Å². The van der Waals surface area contributed by atoms with Gasteiger partial charge < -0.3 is 0 Å². The Balaban J connectivity index is 2.04. The van der Waals surface area contributed by atoms with Crippen molar-refractivity contribution in [3.63, 3.8) is 0 Å². The summed E-state index contributed by atoms with van der Waals surface area (Å²) in [6, 6.07) is 11.9. The number of pyridine rings is 1. The predicted octanol–water partition coefficient (Wildman–Crippen LogP) is 2.87. The number of benzene rings is 1. The van der Waals surface area contributed by atoms with Crippen molar-refractivity contribution in [1.82, 2.24) is 10.4 Å². The van der Waals surface area contributed by atoms with E-state index in [1.165, 1.54) is 5.56 Å². The summed E-state index contributed by atoms with van der Waals surface area (Å²) in [6.45, 7) is 0. The van der Waals surface area contributed by atoms with Gasteiger partial charge >= 0.3 is 0 Å². The van der Waals surface area contributed by atoms with Gasteiger partial charge in [-0.2, -0.15) is 0 Å². The molecule has 94 valence electrons. The van der Waals surface area contributed by atoms with Crippen LogP contribution in [0.4, 0.5) is 0 Å². The molecule has 2 rings (SSSR count). The van der Waals surface area contributed by atoms with Crippen LogP contribution in [0.5, 0.6) is 0 Å². The molecule has 1 atom stereocenters. The van der Waals surface area contributed by atoms with Crippen molar-refractivity contribution in [2.75, 3.05) is 0 Å². The maximum atomic E-state index is 6.17. The number of aryl methyl sites for hydroxylation is 1. The zero-order valence-corrected chi connectivity index (χ0v) is 10.8. The Labute approximate surface area is 112 Å². The van der Waals surface area contributed by atoms with Crippen LogP contribution in [0.15, 0.2) is 48.8 Å². The molecule has 0 amide bonds. The van der Waals surface area contributed by atoms with Crippen molar-refractivity contribution in [3.05, 3.63) is 64.9 Å². The topological polar surface area (TPSA) is 50.9 Å². The molecule has 2 aromatic rings. The summed E-state index contributed by atoms with van der Waals surface area (Å²) in [4.78, 5) is 4.00. The molecule has 1 heterocycles. The lowest BCUT2D eigenvalue weighted by molar-refractivity contribution is 0.516. The van der Waals surface area contributed by atoms with Crippen LogP contribution in [0.1, 0.15) is 23.6 Å². The molecule has 4 heteroatoms. The van der Waals surface area contributed by atoms with E-state index in [0.29, 0.717) is 0 Å². The van der Waals surface area contributed by atoms with E-state index in [9.17, 15) is 0 Å². The Hall–Kier alpha value is -1.42. The monoisotopic (exact) mass is 261 g/mol. The molecule has 0 aliphatic rings. The number of hydrazine groups is 1. The van der Waals surface area contributed by atoms with E-state index in [4.69, 9.17) is 17.4 Å². The molecule has 18 heavy (non-hydrogen) atoms. The molecule has 0 fully saturated rings. The van der Waals surface area contributed by atoms with Crippen LogP contribution >= 0.6 is 11.6 Å². The second-order valence-corrected chi connectivity index (χ2v) is 4.54. The molecule has 0 aliphatic heterocycles. The first-order valence-corrected chi connectivity index (χ1v) is 6.28. The number of halogens is 1. The van der Waals surface area contributed by atoms with Gasteiger partial charge in [0.25, 0.3) is 0 Å². The van der Waals surface area contributed by atoms with E-state index in [2.05, 4.69) is 10.4 Å². The van der Waals surface area contributed by atoms with Gasteiger partial charge in [-0.25, -0.2) is 0 Å². The second-order valence-electron chi connectivity index (χ2n) is 4.13. The number of hydrogen-bond donors (Lipinski definition) is 2. The molecule has 0 radical (unpaired) electrons. The fraction of sp³-hybridized carbons (Fsp3) is 0.214. The number of nitrogens with two attached hydrogens (primary N) is 1.